The summed E-state index contributed by atoms with van der Waals surface area (Å²) in [5.74, 6) is -1.08. The van der Waals surface area contributed by atoms with Gasteiger partial charge in [-0.15, -0.1) is 6.58 Å². The van der Waals surface area contributed by atoms with E-state index in [0.29, 0.717) is 6.42 Å². The van der Waals surface area contributed by atoms with E-state index in [0.717, 1.165) is 44.9 Å². The van der Waals surface area contributed by atoms with Crippen LogP contribution in [0.2, 0.25) is 0 Å². The lowest BCUT2D eigenvalue weighted by atomic mass is 9.68. The van der Waals surface area contributed by atoms with Gasteiger partial charge in [-0.1, -0.05) is 31.1 Å². The molecule has 1 atom stereocenters. The molecule has 0 aromatic carbocycles. The number of hydrogen-bond donors (Lipinski definition) is 0. The molecule has 0 fully saturated rings. The zero-order valence-corrected chi connectivity index (χ0v) is 13.8. The highest BCUT2D eigenvalue weighted by Crippen LogP contribution is 2.42. The first kappa shape index (κ1) is 18.5. The van der Waals surface area contributed by atoms with Crippen molar-refractivity contribution >= 4 is 11.9 Å². The van der Waals surface area contributed by atoms with Crippen molar-refractivity contribution in [1.29, 1.82) is 0 Å². The average molecular weight is 308 g/mol. The molecule has 22 heavy (non-hydrogen) atoms. The molecule has 0 aromatic rings. The first-order valence-corrected chi connectivity index (χ1v) is 8.07. The Kier molecular flexibility index (Phi) is 7.92. The second kappa shape index (κ2) is 9.44. The quantitative estimate of drug-likeness (QED) is 0.281. The number of allylic oxidation sites excluding steroid dienone is 3. The number of ether oxygens (including phenoxy) is 2. The van der Waals surface area contributed by atoms with E-state index in [1.54, 1.807) is 0 Å². The molecule has 4 heteroatoms. The zero-order chi connectivity index (χ0) is 16.4. The highest BCUT2D eigenvalue weighted by Gasteiger charge is 2.52. The van der Waals surface area contributed by atoms with Crippen molar-refractivity contribution in [3.63, 3.8) is 0 Å². The lowest BCUT2D eigenvalue weighted by Crippen LogP contribution is -2.47. The van der Waals surface area contributed by atoms with Crippen LogP contribution in [0.5, 0.6) is 0 Å². The minimum atomic E-state index is -1.20. The largest absolute Gasteiger partial charge is 0.468 e. The van der Waals surface area contributed by atoms with Crippen LogP contribution < -0.4 is 0 Å². The Hall–Kier alpha value is -1.58. The summed E-state index contributed by atoms with van der Waals surface area (Å²) < 4.78 is 9.96. The van der Waals surface area contributed by atoms with Crippen LogP contribution >= 0.6 is 0 Å². The van der Waals surface area contributed by atoms with Gasteiger partial charge in [-0.25, -0.2) is 0 Å². The number of esters is 2. The summed E-state index contributed by atoms with van der Waals surface area (Å²) in [4.78, 5) is 25.0. The molecule has 0 bridgehead atoms. The molecule has 0 heterocycles. The second-order valence-electron chi connectivity index (χ2n) is 5.81. The third-order valence-corrected chi connectivity index (χ3v) is 4.47. The fourth-order valence-corrected chi connectivity index (χ4v) is 3.23. The summed E-state index contributed by atoms with van der Waals surface area (Å²) >= 11 is 0. The number of methoxy groups -OCH3 is 2. The maximum atomic E-state index is 12.5. The van der Waals surface area contributed by atoms with E-state index >= 15 is 0 Å². The van der Waals surface area contributed by atoms with Gasteiger partial charge in [0.05, 0.1) is 14.2 Å². The molecule has 0 spiro atoms. The third-order valence-electron chi connectivity index (χ3n) is 4.47. The van der Waals surface area contributed by atoms with E-state index in [4.69, 9.17) is 9.47 Å². The van der Waals surface area contributed by atoms with Crippen molar-refractivity contribution in [2.75, 3.05) is 14.2 Å². The predicted octanol–water partition coefficient (Wildman–Crippen LogP) is 3.81. The lowest BCUT2D eigenvalue weighted by Gasteiger charge is -2.35. The number of carbonyl (C=O) groups is 2. The molecule has 1 unspecified atom stereocenters. The Morgan fingerprint density at radius 1 is 1.23 bits per heavy atom. The van der Waals surface area contributed by atoms with Crippen molar-refractivity contribution in [3.8, 4) is 0 Å². The topological polar surface area (TPSA) is 52.6 Å². The highest BCUT2D eigenvalue weighted by molar-refractivity contribution is 6.00. The molecule has 0 aromatic heterocycles. The van der Waals surface area contributed by atoms with Crippen molar-refractivity contribution in [1.82, 2.24) is 0 Å². The maximum Gasteiger partial charge on any atom is 0.323 e. The van der Waals surface area contributed by atoms with Crippen LogP contribution in [0.3, 0.4) is 0 Å². The number of rotatable bonds is 9. The zero-order valence-electron chi connectivity index (χ0n) is 13.8. The summed E-state index contributed by atoms with van der Waals surface area (Å²) in [6.07, 6.45) is 12.9. The Balaban J connectivity index is 2.95. The van der Waals surface area contributed by atoms with Crippen molar-refractivity contribution in [2.24, 2.45) is 11.3 Å². The smallest absolute Gasteiger partial charge is 0.323 e. The van der Waals surface area contributed by atoms with Crippen LogP contribution in [0.4, 0.5) is 0 Å². The number of unbranched alkanes of at least 4 members (excludes halogenated alkanes) is 3. The SMILES string of the molecule is C=CCCCCCC(C(=O)OC)(C(=O)OC)C1C=CCCC1. The minimum absolute atomic E-state index is 0.138. The Morgan fingerprint density at radius 2 is 1.91 bits per heavy atom. The van der Waals surface area contributed by atoms with Gasteiger partial charge < -0.3 is 9.47 Å². The predicted molar refractivity (Wildman–Crippen MR) is 86.2 cm³/mol. The van der Waals surface area contributed by atoms with Gasteiger partial charge in [-0.2, -0.15) is 0 Å². The first-order chi connectivity index (χ1) is 10.6. The van der Waals surface area contributed by atoms with Gasteiger partial charge in [-0.05, 0) is 38.5 Å². The van der Waals surface area contributed by atoms with Crippen LogP contribution in [0.15, 0.2) is 24.8 Å². The van der Waals surface area contributed by atoms with Crippen LogP contribution in [-0.4, -0.2) is 26.2 Å². The van der Waals surface area contributed by atoms with Gasteiger partial charge >= 0.3 is 11.9 Å². The molecule has 0 saturated carbocycles. The van der Waals surface area contributed by atoms with E-state index in [-0.39, 0.29) is 5.92 Å². The summed E-state index contributed by atoms with van der Waals surface area (Å²) in [5, 5.41) is 0. The fraction of sp³-hybridized carbons (Fsp3) is 0.667. The third kappa shape index (κ3) is 4.21. The van der Waals surface area contributed by atoms with E-state index in [1.807, 2.05) is 18.2 Å². The van der Waals surface area contributed by atoms with E-state index in [9.17, 15) is 9.59 Å². The minimum Gasteiger partial charge on any atom is -0.468 e. The Labute approximate surface area is 133 Å². The monoisotopic (exact) mass is 308 g/mol. The number of hydrogen-bond acceptors (Lipinski definition) is 4. The molecule has 0 N–H and O–H groups in total. The van der Waals surface area contributed by atoms with E-state index in [1.165, 1.54) is 14.2 Å². The second-order valence-corrected chi connectivity index (χ2v) is 5.81. The van der Waals surface area contributed by atoms with Gasteiger partial charge in [0.1, 0.15) is 0 Å². The fourth-order valence-electron chi connectivity index (χ4n) is 3.23. The molecule has 0 amide bonds. The molecule has 4 nitrogen and oxygen atoms in total. The van der Waals surface area contributed by atoms with E-state index in [2.05, 4.69) is 6.58 Å². The van der Waals surface area contributed by atoms with Crippen molar-refractivity contribution < 1.29 is 19.1 Å². The van der Waals surface area contributed by atoms with Gasteiger partial charge in [0.2, 0.25) is 0 Å². The van der Waals surface area contributed by atoms with Crippen LogP contribution in [-0.2, 0) is 19.1 Å². The maximum absolute atomic E-state index is 12.5. The van der Waals surface area contributed by atoms with Crippen LogP contribution in [0.1, 0.15) is 51.4 Å². The molecular formula is C18H28O4. The van der Waals surface area contributed by atoms with Gasteiger partial charge in [0.15, 0.2) is 5.41 Å². The summed E-state index contributed by atoms with van der Waals surface area (Å²) in [6, 6.07) is 0. The van der Waals surface area contributed by atoms with Gasteiger partial charge in [-0.3, -0.25) is 9.59 Å². The molecule has 0 saturated heterocycles. The van der Waals surface area contributed by atoms with Crippen molar-refractivity contribution in [3.05, 3.63) is 24.8 Å². The summed E-state index contributed by atoms with van der Waals surface area (Å²) in [5.41, 5.74) is -1.20. The lowest BCUT2D eigenvalue weighted by molar-refractivity contribution is -0.173. The molecule has 0 radical (unpaired) electrons. The van der Waals surface area contributed by atoms with Crippen LogP contribution in [0, 0.1) is 11.3 Å². The average Bonchev–Trinajstić information content (AvgIpc) is 2.57. The van der Waals surface area contributed by atoms with Crippen LogP contribution in [0.25, 0.3) is 0 Å². The summed E-state index contributed by atoms with van der Waals surface area (Å²) in [7, 11) is 2.68. The summed E-state index contributed by atoms with van der Waals surface area (Å²) in [6.45, 7) is 3.71. The first-order valence-electron chi connectivity index (χ1n) is 8.07. The van der Waals surface area contributed by atoms with Gasteiger partial charge in [0, 0.05) is 5.92 Å². The standard InChI is InChI=1S/C18H28O4/c1-4-5-6-7-11-14-18(16(19)21-2,17(20)22-3)15-12-9-8-10-13-15/h4,9,12,15H,1,5-8,10-11,13-14H2,2-3H3. The molecular weight excluding hydrogens is 280 g/mol. The normalized spacial score (nSPS) is 17.8. The molecule has 124 valence electrons. The van der Waals surface area contributed by atoms with Crippen molar-refractivity contribution in [2.45, 2.75) is 51.4 Å². The molecule has 1 aliphatic carbocycles. The highest BCUT2D eigenvalue weighted by atomic mass is 16.5. The Bertz CT molecular complexity index is 395. The molecule has 0 aliphatic heterocycles. The molecule has 1 rings (SSSR count). The Morgan fingerprint density at radius 3 is 2.41 bits per heavy atom. The molecule has 1 aliphatic rings. The van der Waals surface area contributed by atoms with E-state index < -0.39 is 17.4 Å². The number of carbonyl (C=O) groups excluding carboxylic acids is 2. The van der Waals surface area contributed by atoms with Gasteiger partial charge in [0.25, 0.3) is 0 Å².